The van der Waals surface area contributed by atoms with Gasteiger partial charge in [0.15, 0.2) is 5.96 Å². The molecule has 2 aliphatic rings. The van der Waals surface area contributed by atoms with E-state index in [-0.39, 0.29) is 12.4 Å². The Morgan fingerprint density at radius 3 is 2.66 bits per heavy atom. The third-order valence-corrected chi connectivity index (χ3v) is 6.10. The van der Waals surface area contributed by atoms with Crippen molar-refractivity contribution in [3.8, 4) is 6.07 Å². The van der Waals surface area contributed by atoms with Gasteiger partial charge in [0, 0.05) is 37.8 Å². The van der Waals surface area contributed by atoms with Gasteiger partial charge in [-0.2, -0.15) is 5.26 Å². The Labute approximate surface area is 174 Å². The summed E-state index contributed by atoms with van der Waals surface area (Å²) in [4.78, 5) is 7.18. The maximum absolute atomic E-state index is 14.0. The molecule has 5 nitrogen and oxygen atoms in total. The quantitative estimate of drug-likeness (QED) is 0.564. The predicted octanol–water partition coefficient (Wildman–Crippen LogP) is 3.80. The number of piperidine rings is 1. The first-order chi connectivity index (χ1) is 14.2. The first-order valence-corrected chi connectivity index (χ1v) is 11.1. The van der Waals surface area contributed by atoms with E-state index in [0.29, 0.717) is 17.2 Å². The predicted molar refractivity (Wildman–Crippen MR) is 115 cm³/mol. The van der Waals surface area contributed by atoms with Crippen LogP contribution in [0.25, 0.3) is 0 Å². The van der Waals surface area contributed by atoms with E-state index in [1.807, 2.05) is 6.92 Å². The summed E-state index contributed by atoms with van der Waals surface area (Å²) >= 11 is 0. The fourth-order valence-corrected chi connectivity index (χ4v) is 4.44. The minimum absolute atomic E-state index is 0.219. The van der Waals surface area contributed by atoms with Gasteiger partial charge < -0.3 is 15.5 Å². The van der Waals surface area contributed by atoms with Crippen LogP contribution in [0, 0.1) is 23.1 Å². The second-order valence-corrected chi connectivity index (χ2v) is 8.34. The Kier molecular flexibility index (Phi) is 8.30. The second kappa shape index (κ2) is 11.2. The summed E-state index contributed by atoms with van der Waals surface area (Å²) in [5.74, 6) is 1.30. The minimum Gasteiger partial charge on any atom is -0.357 e. The van der Waals surface area contributed by atoms with E-state index in [1.54, 1.807) is 6.07 Å². The third kappa shape index (κ3) is 6.71. The van der Waals surface area contributed by atoms with Crippen LogP contribution in [0.15, 0.2) is 23.2 Å². The van der Waals surface area contributed by atoms with Gasteiger partial charge in [-0.3, -0.25) is 0 Å². The smallest absolute Gasteiger partial charge is 0.191 e. The Bertz CT molecular complexity index is 712. The molecule has 0 aromatic heterocycles. The monoisotopic (exact) mass is 399 g/mol. The second-order valence-electron chi connectivity index (χ2n) is 8.34. The van der Waals surface area contributed by atoms with E-state index in [1.165, 1.54) is 50.8 Å². The minimum atomic E-state index is -0.320. The molecule has 158 valence electrons. The van der Waals surface area contributed by atoms with E-state index in [0.717, 1.165) is 44.4 Å². The lowest BCUT2D eigenvalue weighted by molar-refractivity contribution is 0.160. The standard InChI is InChI=1S/C23H34FN5/c1-2-26-23(27-16-20-14-19(15-25)8-9-22(20)24)28-21-10-12-29(13-11-21)17-18-6-4-3-5-7-18/h8-9,14,18,21H,2-7,10-13,16-17H2,1H3,(H2,26,27,28). The van der Waals surface area contributed by atoms with Gasteiger partial charge in [-0.05, 0) is 56.7 Å². The summed E-state index contributed by atoms with van der Waals surface area (Å²) in [7, 11) is 0. The fraction of sp³-hybridized carbons (Fsp3) is 0.652. The molecule has 1 saturated heterocycles. The number of aliphatic imine (C=N–C) groups is 1. The van der Waals surface area contributed by atoms with Crippen LogP contribution in [0.3, 0.4) is 0 Å². The molecule has 1 aliphatic heterocycles. The Morgan fingerprint density at radius 2 is 1.97 bits per heavy atom. The molecule has 0 atom stereocenters. The zero-order valence-corrected chi connectivity index (χ0v) is 17.6. The van der Waals surface area contributed by atoms with Crippen LogP contribution in [-0.2, 0) is 6.54 Å². The summed E-state index contributed by atoms with van der Waals surface area (Å²) < 4.78 is 14.0. The molecule has 1 saturated carbocycles. The molecule has 2 N–H and O–H groups in total. The van der Waals surface area contributed by atoms with Gasteiger partial charge in [0.1, 0.15) is 5.82 Å². The van der Waals surface area contributed by atoms with Crippen molar-refractivity contribution in [3.05, 3.63) is 35.1 Å². The van der Waals surface area contributed by atoms with Crippen LogP contribution in [0.1, 0.15) is 63.0 Å². The van der Waals surface area contributed by atoms with E-state index >= 15 is 0 Å². The van der Waals surface area contributed by atoms with Gasteiger partial charge in [-0.1, -0.05) is 19.3 Å². The number of guanidine groups is 1. The topological polar surface area (TPSA) is 63.5 Å². The summed E-state index contributed by atoms with van der Waals surface area (Å²) in [6.07, 6.45) is 9.24. The van der Waals surface area contributed by atoms with E-state index in [2.05, 4.69) is 26.6 Å². The Balaban J connectivity index is 1.50. The summed E-state index contributed by atoms with van der Waals surface area (Å²) in [6.45, 7) is 6.53. The van der Waals surface area contributed by atoms with Gasteiger partial charge in [0.2, 0.25) is 0 Å². The molecule has 1 aromatic rings. The molecular formula is C23H34FN5. The zero-order valence-electron chi connectivity index (χ0n) is 17.6. The van der Waals surface area contributed by atoms with Gasteiger partial charge in [0.25, 0.3) is 0 Å². The SMILES string of the molecule is CCNC(=NCc1cc(C#N)ccc1F)NC1CCN(CC2CCCCC2)CC1. The van der Waals surface area contributed by atoms with Crippen molar-refractivity contribution in [1.29, 1.82) is 5.26 Å². The first kappa shape index (κ1) is 21.6. The number of nitrogens with zero attached hydrogens (tertiary/aromatic N) is 3. The summed E-state index contributed by atoms with van der Waals surface area (Å²) in [5.41, 5.74) is 0.906. The lowest BCUT2D eigenvalue weighted by Crippen LogP contribution is -2.49. The number of hydrogen-bond donors (Lipinski definition) is 2. The highest BCUT2D eigenvalue weighted by Gasteiger charge is 2.23. The number of nitriles is 1. The zero-order chi connectivity index (χ0) is 20.5. The average Bonchev–Trinajstić information content (AvgIpc) is 2.75. The molecule has 0 bridgehead atoms. The van der Waals surface area contributed by atoms with Crippen LogP contribution in [0.4, 0.5) is 4.39 Å². The first-order valence-electron chi connectivity index (χ1n) is 11.1. The summed E-state index contributed by atoms with van der Waals surface area (Å²) in [5, 5.41) is 15.8. The molecule has 1 heterocycles. The molecule has 3 rings (SSSR count). The third-order valence-electron chi connectivity index (χ3n) is 6.10. The molecule has 0 unspecified atom stereocenters. The van der Waals surface area contributed by atoms with Crippen molar-refractivity contribution < 1.29 is 4.39 Å². The van der Waals surface area contributed by atoms with Gasteiger partial charge >= 0.3 is 0 Å². The molecule has 6 heteroatoms. The van der Waals surface area contributed by atoms with Crippen molar-refractivity contribution in [2.45, 2.75) is 64.5 Å². The Hall–Kier alpha value is -2.13. The normalized spacial score (nSPS) is 19.7. The number of nitrogens with one attached hydrogen (secondary N) is 2. The van der Waals surface area contributed by atoms with Crippen molar-refractivity contribution in [3.63, 3.8) is 0 Å². The molecule has 0 radical (unpaired) electrons. The molecule has 29 heavy (non-hydrogen) atoms. The Morgan fingerprint density at radius 1 is 1.21 bits per heavy atom. The number of benzene rings is 1. The van der Waals surface area contributed by atoms with Crippen LogP contribution >= 0.6 is 0 Å². The number of halogens is 1. The van der Waals surface area contributed by atoms with Gasteiger partial charge in [-0.15, -0.1) is 0 Å². The highest BCUT2D eigenvalue weighted by molar-refractivity contribution is 5.80. The molecule has 0 amide bonds. The van der Waals surface area contributed by atoms with Crippen molar-refractivity contribution in [2.24, 2.45) is 10.9 Å². The molecule has 1 aromatic carbocycles. The highest BCUT2D eigenvalue weighted by atomic mass is 19.1. The van der Waals surface area contributed by atoms with Gasteiger partial charge in [-0.25, -0.2) is 9.38 Å². The average molecular weight is 400 g/mol. The molecule has 1 aliphatic carbocycles. The van der Waals surface area contributed by atoms with E-state index in [9.17, 15) is 4.39 Å². The van der Waals surface area contributed by atoms with Crippen LogP contribution in [-0.4, -0.2) is 43.1 Å². The van der Waals surface area contributed by atoms with Gasteiger partial charge in [0.05, 0.1) is 18.2 Å². The fourth-order valence-electron chi connectivity index (χ4n) is 4.44. The largest absolute Gasteiger partial charge is 0.357 e. The van der Waals surface area contributed by atoms with Crippen LogP contribution in [0.5, 0.6) is 0 Å². The van der Waals surface area contributed by atoms with Crippen molar-refractivity contribution in [2.75, 3.05) is 26.2 Å². The lowest BCUT2D eigenvalue weighted by atomic mass is 9.88. The van der Waals surface area contributed by atoms with E-state index < -0.39 is 0 Å². The maximum atomic E-state index is 14.0. The maximum Gasteiger partial charge on any atom is 0.191 e. The van der Waals surface area contributed by atoms with Crippen molar-refractivity contribution in [1.82, 2.24) is 15.5 Å². The molecule has 0 spiro atoms. The van der Waals surface area contributed by atoms with E-state index in [4.69, 9.17) is 5.26 Å². The summed E-state index contributed by atoms with van der Waals surface area (Å²) in [6, 6.07) is 6.86. The number of hydrogen-bond acceptors (Lipinski definition) is 3. The number of rotatable bonds is 6. The van der Waals surface area contributed by atoms with Crippen LogP contribution < -0.4 is 10.6 Å². The lowest BCUT2D eigenvalue weighted by Gasteiger charge is -2.36. The molecule has 2 fully saturated rings. The highest BCUT2D eigenvalue weighted by Crippen LogP contribution is 2.25. The number of likely N-dealkylation sites (tertiary alicyclic amines) is 1. The van der Waals surface area contributed by atoms with Crippen LogP contribution in [0.2, 0.25) is 0 Å². The van der Waals surface area contributed by atoms with Crippen molar-refractivity contribution >= 4 is 5.96 Å². The molecular weight excluding hydrogens is 365 g/mol.